The standard InChI is InChI=1S/C30H31N3OS/c1-32(25-18-10-4-11-19-25)27(34)22-35-30-31-28(23-14-6-2-7-15-23)29(24-16-8-3-9-17-24)33(30)26-20-12-5-13-21-26/h2-3,5-9,12-17,20-21,25H,4,10-11,18-19,22H2,1H3. The van der Waals surface area contributed by atoms with Crippen LogP contribution in [0.3, 0.4) is 0 Å². The molecule has 1 aromatic heterocycles. The van der Waals surface area contributed by atoms with Gasteiger partial charge >= 0.3 is 0 Å². The molecule has 0 unspecified atom stereocenters. The van der Waals surface area contributed by atoms with Gasteiger partial charge < -0.3 is 4.90 Å². The van der Waals surface area contributed by atoms with Crippen LogP contribution < -0.4 is 0 Å². The quantitative estimate of drug-likeness (QED) is 0.265. The lowest BCUT2D eigenvalue weighted by atomic mass is 9.94. The monoisotopic (exact) mass is 481 g/mol. The highest BCUT2D eigenvalue weighted by molar-refractivity contribution is 7.99. The smallest absolute Gasteiger partial charge is 0.233 e. The van der Waals surface area contributed by atoms with Gasteiger partial charge in [-0.3, -0.25) is 9.36 Å². The molecule has 4 nitrogen and oxygen atoms in total. The minimum absolute atomic E-state index is 0.173. The van der Waals surface area contributed by atoms with Gasteiger partial charge in [0.2, 0.25) is 5.91 Å². The van der Waals surface area contributed by atoms with Gasteiger partial charge in [0.1, 0.15) is 0 Å². The predicted molar refractivity (Wildman–Crippen MR) is 145 cm³/mol. The zero-order valence-corrected chi connectivity index (χ0v) is 21.0. The lowest BCUT2D eigenvalue weighted by Gasteiger charge is -2.31. The van der Waals surface area contributed by atoms with Crippen molar-refractivity contribution in [2.24, 2.45) is 0 Å². The van der Waals surface area contributed by atoms with Crippen LogP contribution in [0.4, 0.5) is 0 Å². The third-order valence-electron chi connectivity index (χ3n) is 6.80. The molecule has 0 spiro atoms. The summed E-state index contributed by atoms with van der Waals surface area (Å²) in [4.78, 5) is 20.3. The van der Waals surface area contributed by atoms with E-state index < -0.39 is 0 Å². The molecule has 1 amide bonds. The second-order valence-electron chi connectivity index (χ2n) is 9.08. The molecule has 5 rings (SSSR count). The van der Waals surface area contributed by atoms with Crippen LogP contribution >= 0.6 is 11.8 Å². The van der Waals surface area contributed by atoms with Gasteiger partial charge in [-0.05, 0) is 25.0 Å². The van der Waals surface area contributed by atoms with Crippen LogP contribution in [0.1, 0.15) is 32.1 Å². The second-order valence-corrected chi connectivity index (χ2v) is 10.0. The molecule has 0 atom stereocenters. The number of hydrogen-bond donors (Lipinski definition) is 0. The average molecular weight is 482 g/mol. The Morgan fingerprint density at radius 2 is 1.43 bits per heavy atom. The van der Waals surface area contributed by atoms with E-state index in [0.29, 0.717) is 11.8 Å². The van der Waals surface area contributed by atoms with Crippen LogP contribution in [0.15, 0.2) is 96.2 Å². The van der Waals surface area contributed by atoms with Gasteiger partial charge in [0, 0.05) is 29.9 Å². The van der Waals surface area contributed by atoms with E-state index in [2.05, 4.69) is 53.1 Å². The molecule has 3 aromatic carbocycles. The first kappa shape index (κ1) is 23.4. The molecule has 0 saturated heterocycles. The van der Waals surface area contributed by atoms with Gasteiger partial charge in [0.15, 0.2) is 5.16 Å². The summed E-state index contributed by atoms with van der Waals surface area (Å²) in [5.41, 5.74) is 5.17. The molecular formula is C30H31N3OS. The Hall–Kier alpha value is -3.31. The van der Waals surface area contributed by atoms with E-state index in [4.69, 9.17) is 4.98 Å². The van der Waals surface area contributed by atoms with Crippen molar-refractivity contribution in [3.8, 4) is 28.2 Å². The summed E-state index contributed by atoms with van der Waals surface area (Å²) in [6.07, 6.45) is 5.94. The van der Waals surface area contributed by atoms with Crippen LogP contribution in [0.5, 0.6) is 0 Å². The van der Waals surface area contributed by atoms with Gasteiger partial charge in [-0.25, -0.2) is 4.98 Å². The molecule has 1 aliphatic carbocycles. The first-order chi connectivity index (χ1) is 17.2. The molecule has 1 fully saturated rings. The Kier molecular flexibility index (Phi) is 7.34. The van der Waals surface area contributed by atoms with Gasteiger partial charge in [-0.2, -0.15) is 0 Å². The van der Waals surface area contributed by atoms with E-state index in [9.17, 15) is 4.79 Å². The first-order valence-electron chi connectivity index (χ1n) is 12.4. The first-order valence-corrected chi connectivity index (χ1v) is 13.4. The number of imidazole rings is 1. The molecule has 0 bridgehead atoms. The maximum atomic E-state index is 13.2. The van der Waals surface area contributed by atoms with Crippen molar-refractivity contribution in [2.75, 3.05) is 12.8 Å². The molecular weight excluding hydrogens is 450 g/mol. The number of carbonyl (C=O) groups is 1. The number of para-hydroxylation sites is 1. The number of thioether (sulfide) groups is 1. The molecule has 0 N–H and O–H groups in total. The van der Waals surface area contributed by atoms with Gasteiger partial charge in [-0.1, -0.05) is 110 Å². The number of nitrogens with zero attached hydrogens (tertiary/aromatic N) is 3. The molecule has 0 aliphatic heterocycles. The fourth-order valence-corrected chi connectivity index (χ4v) is 5.81. The summed E-state index contributed by atoms with van der Waals surface area (Å²) >= 11 is 1.53. The van der Waals surface area contributed by atoms with Gasteiger partial charge in [0.05, 0.1) is 17.1 Å². The number of carbonyl (C=O) groups excluding carboxylic acids is 1. The Labute approximate surface area is 212 Å². The zero-order valence-electron chi connectivity index (χ0n) is 20.1. The number of hydrogen-bond acceptors (Lipinski definition) is 3. The van der Waals surface area contributed by atoms with E-state index in [1.807, 2.05) is 54.4 Å². The van der Waals surface area contributed by atoms with Crippen LogP contribution in [0.25, 0.3) is 28.2 Å². The third-order valence-corrected chi connectivity index (χ3v) is 7.72. The highest BCUT2D eigenvalue weighted by atomic mass is 32.2. The fourth-order valence-electron chi connectivity index (χ4n) is 4.87. The fraction of sp³-hybridized carbons (Fsp3) is 0.267. The molecule has 0 radical (unpaired) electrons. The molecule has 1 aliphatic rings. The maximum absolute atomic E-state index is 13.2. The summed E-state index contributed by atoms with van der Waals surface area (Å²) in [5.74, 6) is 0.547. The van der Waals surface area contributed by atoms with Crippen molar-refractivity contribution in [1.82, 2.24) is 14.5 Å². The summed E-state index contributed by atoms with van der Waals surface area (Å²) in [6, 6.07) is 31.4. The van der Waals surface area contributed by atoms with Crippen LogP contribution in [-0.2, 0) is 4.79 Å². The van der Waals surface area contributed by atoms with Crippen molar-refractivity contribution in [3.63, 3.8) is 0 Å². The molecule has 1 saturated carbocycles. The summed E-state index contributed by atoms with van der Waals surface area (Å²) in [6.45, 7) is 0. The van der Waals surface area contributed by atoms with E-state index in [0.717, 1.165) is 46.2 Å². The predicted octanol–water partition coefficient (Wildman–Crippen LogP) is 7.09. The number of benzene rings is 3. The number of aromatic nitrogens is 2. The van der Waals surface area contributed by atoms with E-state index in [1.165, 1.54) is 31.0 Å². The van der Waals surface area contributed by atoms with Crippen LogP contribution in [0.2, 0.25) is 0 Å². The maximum Gasteiger partial charge on any atom is 0.233 e. The van der Waals surface area contributed by atoms with E-state index >= 15 is 0 Å². The van der Waals surface area contributed by atoms with Crippen molar-refractivity contribution < 1.29 is 4.79 Å². The lowest BCUT2D eigenvalue weighted by molar-refractivity contribution is -0.129. The summed E-state index contributed by atoms with van der Waals surface area (Å²) in [7, 11) is 1.97. The number of amides is 1. The normalized spacial score (nSPS) is 14.1. The summed E-state index contributed by atoms with van der Waals surface area (Å²) in [5, 5.41) is 0.833. The topological polar surface area (TPSA) is 38.1 Å². The van der Waals surface area contributed by atoms with Crippen molar-refractivity contribution >= 4 is 17.7 Å². The third kappa shape index (κ3) is 5.20. The molecule has 4 aromatic rings. The zero-order chi connectivity index (χ0) is 24.0. The Balaban J connectivity index is 1.55. The highest BCUT2D eigenvalue weighted by Crippen LogP contribution is 2.38. The number of rotatable bonds is 7. The Bertz CT molecular complexity index is 1250. The lowest BCUT2D eigenvalue weighted by Crippen LogP contribution is -2.39. The van der Waals surface area contributed by atoms with Crippen molar-refractivity contribution in [1.29, 1.82) is 0 Å². The average Bonchev–Trinajstić information content (AvgIpc) is 3.33. The van der Waals surface area contributed by atoms with Crippen LogP contribution in [-0.4, -0.2) is 39.2 Å². The highest BCUT2D eigenvalue weighted by Gasteiger charge is 2.25. The molecule has 35 heavy (non-hydrogen) atoms. The minimum Gasteiger partial charge on any atom is -0.342 e. The Morgan fingerprint density at radius 1 is 0.857 bits per heavy atom. The van der Waals surface area contributed by atoms with Gasteiger partial charge in [0.25, 0.3) is 0 Å². The molecule has 178 valence electrons. The minimum atomic E-state index is 0.173. The molecule has 1 heterocycles. The summed E-state index contributed by atoms with van der Waals surface area (Å²) < 4.78 is 2.20. The van der Waals surface area contributed by atoms with Crippen molar-refractivity contribution in [3.05, 3.63) is 91.0 Å². The van der Waals surface area contributed by atoms with Crippen molar-refractivity contribution in [2.45, 2.75) is 43.3 Å². The Morgan fingerprint density at radius 3 is 2.06 bits per heavy atom. The van der Waals surface area contributed by atoms with Crippen LogP contribution in [0, 0.1) is 0 Å². The SMILES string of the molecule is CN(C(=O)CSc1nc(-c2ccccc2)c(-c2ccccc2)n1-c1ccccc1)C1CCCCC1. The van der Waals surface area contributed by atoms with E-state index in [1.54, 1.807) is 0 Å². The molecule has 5 heteroatoms. The largest absolute Gasteiger partial charge is 0.342 e. The van der Waals surface area contributed by atoms with Gasteiger partial charge in [-0.15, -0.1) is 0 Å². The second kappa shape index (κ2) is 11.0. The van der Waals surface area contributed by atoms with E-state index in [-0.39, 0.29) is 5.91 Å².